The van der Waals surface area contributed by atoms with Gasteiger partial charge in [-0.05, 0) is 56.0 Å². The molecule has 2 aromatic carbocycles. The quantitative estimate of drug-likeness (QED) is 0.710. The first-order valence-electron chi connectivity index (χ1n) is 9.53. The Kier molecular flexibility index (Phi) is 7.00. The fourth-order valence-corrected chi connectivity index (χ4v) is 5.47. The molecule has 0 radical (unpaired) electrons. The largest absolute Gasteiger partial charge is 0.325 e. The Morgan fingerprint density at radius 3 is 2.28 bits per heavy atom. The Morgan fingerprint density at radius 2 is 1.69 bits per heavy atom. The lowest BCUT2D eigenvalue weighted by Crippen LogP contribution is -2.50. The summed E-state index contributed by atoms with van der Waals surface area (Å²) in [4.78, 5) is 15.8. The number of hydrogen-bond acceptors (Lipinski definition) is 5. The van der Waals surface area contributed by atoms with Gasteiger partial charge >= 0.3 is 0 Å². The Morgan fingerprint density at radius 1 is 1.03 bits per heavy atom. The lowest BCUT2D eigenvalue weighted by atomic mass is 10.2. The maximum absolute atomic E-state index is 13.0. The van der Waals surface area contributed by atoms with E-state index in [2.05, 4.69) is 5.32 Å². The zero-order valence-corrected chi connectivity index (χ0v) is 18.6. The molecule has 8 heteroatoms. The van der Waals surface area contributed by atoms with Crippen molar-refractivity contribution in [3.63, 3.8) is 0 Å². The average molecular weight is 434 g/mol. The summed E-state index contributed by atoms with van der Waals surface area (Å²) in [5, 5.41) is 2.90. The first-order chi connectivity index (χ1) is 13.8. The van der Waals surface area contributed by atoms with Crippen molar-refractivity contribution in [1.82, 2.24) is 9.21 Å². The van der Waals surface area contributed by atoms with Crippen LogP contribution in [0.5, 0.6) is 0 Å². The third-order valence-electron chi connectivity index (χ3n) is 5.02. The summed E-state index contributed by atoms with van der Waals surface area (Å²) in [5.41, 5.74) is 2.57. The van der Waals surface area contributed by atoms with Crippen LogP contribution < -0.4 is 5.32 Å². The molecule has 3 rings (SSSR count). The highest BCUT2D eigenvalue weighted by Gasteiger charge is 2.30. The third kappa shape index (κ3) is 5.39. The molecule has 2 aromatic rings. The van der Waals surface area contributed by atoms with E-state index in [1.807, 2.05) is 61.4 Å². The summed E-state index contributed by atoms with van der Waals surface area (Å²) < 4.78 is 27.5. The van der Waals surface area contributed by atoms with Gasteiger partial charge in [-0.3, -0.25) is 9.69 Å². The van der Waals surface area contributed by atoms with Crippen LogP contribution >= 0.6 is 11.8 Å². The number of thioether (sulfide) groups is 1. The first-order valence-corrected chi connectivity index (χ1v) is 12.2. The highest BCUT2D eigenvalue weighted by Crippen LogP contribution is 2.22. The van der Waals surface area contributed by atoms with Crippen LogP contribution in [0.2, 0.25) is 0 Å². The average Bonchev–Trinajstić information content (AvgIpc) is 2.68. The Bertz CT molecular complexity index is 967. The summed E-state index contributed by atoms with van der Waals surface area (Å²) in [6.45, 7) is 5.85. The van der Waals surface area contributed by atoms with Crippen LogP contribution in [-0.2, 0) is 14.8 Å². The minimum atomic E-state index is -3.51. The number of hydrogen-bond donors (Lipinski definition) is 1. The van der Waals surface area contributed by atoms with E-state index in [-0.39, 0.29) is 12.5 Å². The van der Waals surface area contributed by atoms with E-state index < -0.39 is 10.0 Å². The minimum Gasteiger partial charge on any atom is -0.325 e. The molecule has 1 aliphatic heterocycles. The second kappa shape index (κ2) is 9.30. The van der Waals surface area contributed by atoms with Crippen LogP contribution in [-0.4, -0.2) is 62.5 Å². The van der Waals surface area contributed by atoms with Crippen molar-refractivity contribution in [3.8, 4) is 0 Å². The van der Waals surface area contributed by atoms with Crippen molar-refractivity contribution < 1.29 is 13.2 Å². The molecule has 0 aliphatic carbocycles. The molecule has 156 valence electrons. The topological polar surface area (TPSA) is 69.7 Å². The lowest BCUT2D eigenvalue weighted by molar-refractivity contribution is -0.117. The van der Waals surface area contributed by atoms with Crippen molar-refractivity contribution in [3.05, 3.63) is 53.6 Å². The van der Waals surface area contributed by atoms with Crippen LogP contribution in [0.15, 0.2) is 52.3 Å². The van der Waals surface area contributed by atoms with Crippen molar-refractivity contribution in [2.45, 2.75) is 23.6 Å². The molecule has 1 saturated heterocycles. The number of carbonyl (C=O) groups is 1. The normalized spacial score (nSPS) is 16.0. The summed E-state index contributed by atoms with van der Waals surface area (Å²) in [7, 11) is -3.51. The summed E-state index contributed by atoms with van der Waals surface area (Å²) in [6, 6.07) is 13.1. The summed E-state index contributed by atoms with van der Waals surface area (Å²) >= 11 is 1.65. The van der Waals surface area contributed by atoms with Gasteiger partial charge in [0.25, 0.3) is 0 Å². The van der Waals surface area contributed by atoms with Gasteiger partial charge in [-0.25, -0.2) is 8.42 Å². The number of sulfonamides is 1. The van der Waals surface area contributed by atoms with Crippen LogP contribution in [0.4, 0.5) is 5.69 Å². The number of carbonyl (C=O) groups excluding carboxylic acids is 1. The van der Waals surface area contributed by atoms with Crippen LogP contribution in [0.25, 0.3) is 0 Å². The van der Waals surface area contributed by atoms with Crippen molar-refractivity contribution in [2.75, 3.05) is 44.3 Å². The number of aryl methyl sites for hydroxylation is 2. The molecule has 0 saturated carbocycles. The monoisotopic (exact) mass is 433 g/mol. The van der Waals surface area contributed by atoms with Crippen LogP contribution in [0, 0.1) is 13.8 Å². The number of nitrogens with one attached hydrogen (secondary N) is 1. The number of piperazine rings is 1. The number of rotatable bonds is 6. The molecule has 1 aliphatic rings. The Labute approximate surface area is 177 Å². The standard InChI is InChI=1S/C21H27N3O3S2/c1-16-4-9-20(17(2)14-16)29(26,27)24-12-10-23(11-13-24)15-21(25)22-18-5-7-19(28-3)8-6-18/h4-9,14H,10-13,15H2,1-3H3,(H,22,25). The van der Waals surface area contributed by atoms with Gasteiger partial charge in [-0.2, -0.15) is 4.31 Å². The van der Waals surface area contributed by atoms with Gasteiger partial charge in [-0.1, -0.05) is 17.7 Å². The zero-order chi connectivity index (χ0) is 21.0. The molecular formula is C21H27N3O3S2. The fourth-order valence-electron chi connectivity index (χ4n) is 3.43. The molecule has 6 nitrogen and oxygen atoms in total. The maximum Gasteiger partial charge on any atom is 0.243 e. The Balaban J connectivity index is 1.55. The molecule has 1 fully saturated rings. The Hall–Kier alpha value is -1.87. The van der Waals surface area contributed by atoms with E-state index in [0.29, 0.717) is 31.1 Å². The second-order valence-corrected chi connectivity index (χ2v) is 10.0. The number of anilines is 1. The number of benzene rings is 2. The van der Waals surface area contributed by atoms with Crippen molar-refractivity contribution >= 4 is 33.4 Å². The van der Waals surface area contributed by atoms with Gasteiger partial charge < -0.3 is 5.32 Å². The minimum absolute atomic E-state index is 0.0902. The smallest absolute Gasteiger partial charge is 0.243 e. The SMILES string of the molecule is CSc1ccc(NC(=O)CN2CCN(S(=O)(=O)c3ccc(C)cc3C)CC2)cc1. The predicted molar refractivity (Wildman–Crippen MR) is 118 cm³/mol. The van der Waals surface area contributed by atoms with E-state index in [9.17, 15) is 13.2 Å². The van der Waals surface area contributed by atoms with Crippen LogP contribution in [0.3, 0.4) is 0 Å². The van der Waals surface area contributed by atoms with E-state index >= 15 is 0 Å². The van der Waals surface area contributed by atoms with Crippen molar-refractivity contribution in [1.29, 1.82) is 0 Å². The number of amides is 1. The second-order valence-electron chi connectivity index (χ2n) is 7.23. The maximum atomic E-state index is 13.0. The third-order valence-corrected chi connectivity index (χ3v) is 7.82. The van der Waals surface area contributed by atoms with E-state index in [0.717, 1.165) is 21.7 Å². The van der Waals surface area contributed by atoms with Gasteiger partial charge in [0.1, 0.15) is 0 Å². The molecular weight excluding hydrogens is 406 g/mol. The van der Waals surface area contributed by atoms with E-state index in [1.165, 1.54) is 4.31 Å². The van der Waals surface area contributed by atoms with E-state index in [4.69, 9.17) is 0 Å². The van der Waals surface area contributed by atoms with E-state index in [1.54, 1.807) is 17.8 Å². The predicted octanol–water partition coefficient (Wildman–Crippen LogP) is 2.97. The van der Waals surface area contributed by atoms with Crippen LogP contribution in [0.1, 0.15) is 11.1 Å². The van der Waals surface area contributed by atoms with Gasteiger partial charge in [0.15, 0.2) is 0 Å². The molecule has 0 unspecified atom stereocenters. The molecule has 0 bridgehead atoms. The zero-order valence-electron chi connectivity index (χ0n) is 17.0. The lowest BCUT2D eigenvalue weighted by Gasteiger charge is -2.33. The van der Waals surface area contributed by atoms with Gasteiger partial charge in [-0.15, -0.1) is 11.8 Å². The fraction of sp³-hybridized carbons (Fsp3) is 0.381. The van der Waals surface area contributed by atoms with Gasteiger partial charge in [0.2, 0.25) is 15.9 Å². The summed E-state index contributed by atoms with van der Waals surface area (Å²) in [5.74, 6) is -0.0902. The molecule has 1 amide bonds. The number of nitrogens with zero attached hydrogens (tertiary/aromatic N) is 2. The molecule has 1 heterocycles. The molecule has 29 heavy (non-hydrogen) atoms. The molecule has 0 spiro atoms. The molecule has 0 aromatic heterocycles. The summed E-state index contributed by atoms with van der Waals surface area (Å²) in [6.07, 6.45) is 2.01. The van der Waals surface area contributed by atoms with Gasteiger partial charge in [0.05, 0.1) is 11.4 Å². The highest BCUT2D eigenvalue weighted by atomic mass is 32.2. The first kappa shape index (κ1) is 21.8. The van der Waals surface area contributed by atoms with Crippen molar-refractivity contribution in [2.24, 2.45) is 0 Å². The van der Waals surface area contributed by atoms with Gasteiger partial charge in [0, 0.05) is 36.8 Å². The molecule has 0 atom stereocenters. The molecule has 1 N–H and O–H groups in total. The highest BCUT2D eigenvalue weighted by molar-refractivity contribution is 7.98.